The monoisotopic (exact) mass is 420 g/mol. The van der Waals surface area contributed by atoms with Gasteiger partial charge in [-0.15, -0.1) is 0 Å². The first-order valence-electron chi connectivity index (χ1n) is 12.9. The lowest BCUT2D eigenvalue weighted by atomic mass is 9.79. The van der Waals surface area contributed by atoms with Gasteiger partial charge in [-0.1, -0.05) is 65.2 Å². The van der Waals surface area contributed by atoms with Crippen molar-refractivity contribution in [1.82, 2.24) is 0 Å². The van der Waals surface area contributed by atoms with Crippen molar-refractivity contribution in [2.24, 2.45) is 35.5 Å². The Labute approximate surface area is 183 Å². The van der Waals surface area contributed by atoms with Crippen LogP contribution in [0.2, 0.25) is 0 Å². The largest absolute Gasteiger partial charge is 0.465 e. The van der Waals surface area contributed by atoms with Crippen LogP contribution in [0.4, 0.5) is 0 Å². The molecule has 0 bridgehead atoms. The number of rotatable bonds is 8. The topological polar surface area (TPSA) is 52.6 Å². The van der Waals surface area contributed by atoms with E-state index in [4.69, 9.17) is 9.47 Å². The van der Waals surface area contributed by atoms with Gasteiger partial charge in [-0.3, -0.25) is 9.59 Å². The molecule has 0 amide bonds. The second-order valence-corrected chi connectivity index (χ2v) is 10.3. The molecule has 0 aliphatic heterocycles. The van der Waals surface area contributed by atoms with E-state index in [-0.39, 0.29) is 23.8 Å². The van der Waals surface area contributed by atoms with E-state index in [2.05, 4.69) is 13.8 Å². The molecule has 3 aliphatic carbocycles. The molecule has 0 heterocycles. The molecule has 4 nitrogen and oxygen atoms in total. The summed E-state index contributed by atoms with van der Waals surface area (Å²) in [4.78, 5) is 25.6. The molecular formula is C26H44O4. The minimum atomic E-state index is -0.297. The van der Waals surface area contributed by atoms with Crippen molar-refractivity contribution in [2.45, 2.75) is 104 Å². The van der Waals surface area contributed by atoms with Gasteiger partial charge in [0.15, 0.2) is 0 Å². The van der Waals surface area contributed by atoms with E-state index >= 15 is 0 Å². The van der Waals surface area contributed by atoms with Crippen LogP contribution < -0.4 is 0 Å². The Hall–Kier alpha value is -1.06. The van der Waals surface area contributed by atoms with E-state index in [1.807, 2.05) is 0 Å². The highest BCUT2D eigenvalue weighted by Gasteiger charge is 2.38. The highest BCUT2D eigenvalue weighted by Crippen LogP contribution is 2.35. The molecule has 4 heteroatoms. The van der Waals surface area contributed by atoms with Crippen molar-refractivity contribution >= 4 is 11.9 Å². The summed E-state index contributed by atoms with van der Waals surface area (Å²) in [6, 6.07) is 0. The third-order valence-corrected chi connectivity index (χ3v) is 8.38. The summed E-state index contributed by atoms with van der Waals surface area (Å²) >= 11 is 0. The summed E-state index contributed by atoms with van der Waals surface area (Å²) in [6.07, 6.45) is 15.8. The fraction of sp³-hybridized carbons (Fsp3) is 0.923. The van der Waals surface area contributed by atoms with Crippen LogP contribution in [0.3, 0.4) is 0 Å². The fourth-order valence-corrected chi connectivity index (χ4v) is 5.92. The summed E-state index contributed by atoms with van der Waals surface area (Å²) in [6.45, 7) is 5.61. The van der Waals surface area contributed by atoms with Crippen LogP contribution >= 0.6 is 0 Å². The lowest BCUT2D eigenvalue weighted by molar-refractivity contribution is -0.164. The molecule has 2 atom stereocenters. The molecule has 3 rings (SSSR count). The van der Waals surface area contributed by atoms with Crippen LogP contribution in [-0.4, -0.2) is 25.2 Å². The molecule has 0 saturated heterocycles. The van der Waals surface area contributed by atoms with Crippen molar-refractivity contribution < 1.29 is 19.1 Å². The van der Waals surface area contributed by atoms with E-state index in [0.29, 0.717) is 25.0 Å². The Kier molecular flexibility index (Phi) is 9.52. The SMILES string of the molecule is CCC1CCC(COC(=O)C2CCCCC2C(=O)OCC2CCC(CC)CC2)CC1. The van der Waals surface area contributed by atoms with Gasteiger partial charge in [0.2, 0.25) is 0 Å². The van der Waals surface area contributed by atoms with Crippen LogP contribution in [0.5, 0.6) is 0 Å². The van der Waals surface area contributed by atoms with Crippen molar-refractivity contribution in [3.63, 3.8) is 0 Å². The van der Waals surface area contributed by atoms with Crippen molar-refractivity contribution in [3.8, 4) is 0 Å². The zero-order valence-corrected chi connectivity index (χ0v) is 19.4. The Morgan fingerprint density at radius 2 is 0.900 bits per heavy atom. The Morgan fingerprint density at radius 1 is 0.567 bits per heavy atom. The quantitative estimate of drug-likeness (QED) is 0.432. The number of carbonyl (C=O) groups excluding carboxylic acids is 2. The number of hydrogen-bond donors (Lipinski definition) is 0. The first kappa shape index (κ1) is 23.6. The highest BCUT2D eigenvalue weighted by molar-refractivity contribution is 5.82. The first-order valence-corrected chi connectivity index (χ1v) is 12.9. The second kappa shape index (κ2) is 12.1. The molecule has 0 aromatic carbocycles. The standard InChI is InChI=1S/C26H44O4/c1-3-19-9-13-21(14-10-19)17-29-25(27)23-7-5-6-8-24(23)26(28)30-18-22-15-11-20(4-2)12-16-22/h19-24H,3-18H2,1-2H3. The number of ether oxygens (including phenoxy) is 2. The predicted octanol–water partition coefficient (Wildman–Crippen LogP) is 6.31. The maximum atomic E-state index is 12.8. The van der Waals surface area contributed by atoms with Crippen LogP contribution in [0.25, 0.3) is 0 Å². The molecule has 3 aliphatic rings. The van der Waals surface area contributed by atoms with E-state index in [1.165, 1.54) is 64.2 Å². The Bertz CT molecular complexity index is 481. The maximum absolute atomic E-state index is 12.8. The molecule has 3 saturated carbocycles. The lowest BCUT2D eigenvalue weighted by Gasteiger charge is -2.31. The smallest absolute Gasteiger partial charge is 0.309 e. The third-order valence-electron chi connectivity index (χ3n) is 8.38. The summed E-state index contributed by atoms with van der Waals surface area (Å²) in [5.41, 5.74) is 0. The summed E-state index contributed by atoms with van der Waals surface area (Å²) in [7, 11) is 0. The number of hydrogen-bond acceptors (Lipinski definition) is 4. The molecule has 0 spiro atoms. The van der Waals surface area contributed by atoms with Gasteiger partial charge in [-0.25, -0.2) is 0 Å². The van der Waals surface area contributed by atoms with E-state index in [1.54, 1.807) is 0 Å². The van der Waals surface area contributed by atoms with Crippen LogP contribution in [-0.2, 0) is 19.1 Å². The molecule has 0 aromatic rings. The maximum Gasteiger partial charge on any atom is 0.309 e. The van der Waals surface area contributed by atoms with Gasteiger partial charge in [-0.05, 0) is 62.2 Å². The van der Waals surface area contributed by atoms with Gasteiger partial charge in [0.05, 0.1) is 25.0 Å². The average molecular weight is 421 g/mol. The molecule has 172 valence electrons. The second-order valence-electron chi connectivity index (χ2n) is 10.3. The van der Waals surface area contributed by atoms with Gasteiger partial charge in [0.1, 0.15) is 0 Å². The zero-order valence-electron chi connectivity index (χ0n) is 19.4. The van der Waals surface area contributed by atoms with Crippen molar-refractivity contribution in [1.29, 1.82) is 0 Å². The summed E-state index contributed by atoms with van der Waals surface area (Å²) in [5, 5.41) is 0. The van der Waals surface area contributed by atoms with Crippen molar-refractivity contribution in [3.05, 3.63) is 0 Å². The van der Waals surface area contributed by atoms with Gasteiger partial charge in [0.25, 0.3) is 0 Å². The van der Waals surface area contributed by atoms with E-state index in [0.717, 1.165) is 37.5 Å². The average Bonchev–Trinajstić information content (AvgIpc) is 2.81. The van der Waals surface area contributed by atoms with Gasteiger partial charge in [-0.2, -0.15) is 0 Å². The molecule has 30 heavy (non-hydrogen) atoms. The van der Waals surface area contributed by atoms with Gasteiger partial charge < -0.3 is 9.47 Å². The Morgan fingerprint density at radius 3 is 1.23 bits per heavy atom. The minimum Gasteiger partial charge on any atom is -0.465 e. The number of carbonyl (C=O) groups is 2. The first-order chi connectivity index (χ1) is 14.6. The van der Waals surface area contributed by atoms with Crippen molar-refractivity contribution in [2.75, 3.05) is 13.2 Å². The normalized spacial score (nSPS) is 34.9. The number of esters is 2. The summed E-state index contributed by atoms with van der Waals surface area (Å²) in [5.74, 6) is 1.81. The van der Waals surface area contributed by atoms with E-state index < -0.39 is 0 Å². The molecule has 3 fully saturated rings. The predicted molar refractivity (Wildman–Crippen MR) is 119 cm³/mol. The lowest BCUT2D eigenvalue weighted by Crippen LogP contribution is -2.36. The fourth-order valence-electron chi connectivity index (χ4n) is 5.92. The van der Waals surface area contributed by atoms with Gasteiger partial charge in [0, 0.05) is 0 Å². The molecule has 2 unspecified atom stereocenters. The molecular weight excluding hydrogens is 376 g/mol. The Balaban J connectivity index is 1.42. The third kappa shape index (κ3) is 6.72. The van der Waals surface area contributed by atoms with Gasteiger partial charge >= 0.3 is 11.9 Å². The summed E-state index contributed by atoms with van der Waals surface area (Å²) < 4.78 is 11.5. The molecule has 0 aromatic heterocycles. The minimum absolute atomic E-state index is 0.155. The van der Waals surface area contributed by atoms with Crippen LogP contribution in [0.15, 0.2) is 0 Å². The molecule has 0 N–H and O–H groups in total. The van der Waals surface area contributed by atoms with Crippen LogP contribution in [0.1, 0.15) is 104 Å². The molecule has 0 radical (unpaired) electrons. The van der Waals surface area contributed by atoms with Crippen LogP contribution in [0, 0.1) is 35.5 Å². The van der Waals surface area contributed by atoms with E-state index in [9.17, 15) is 9.59 Å². The zero-order chi connectivity index (χ0) is 21.3. The highest BCUT2D eigenvalue weighted by atomic mass is 16.5.